The smallest absolute Gasteiger partial charge is 0.246 e. The number of sulfonamides is 1. The predicted molar refractivity (Wildman–Crippen MR) is 120 cm³/mol. The first kappa shape index (κ1) is 23.5. The van der Waals surface area contributed by atoms with Crippen LogP contribution in [0, 0.1) is 0 Å². The van der Waals surface area contributed by atoms with Crippen molar-refractivity contribution in [3.05, 3.63) is 42.0 Å². The Morgan fingerprint density at radius 3 is 2.31 bits per heavy atom. The lowest BCUT2D eigenvalue weighted by atomic mass is 10.1. The Morgan fingerprint density at radius 2 is 1.69 bits per heavy atom. The predicted octanol–water partition coefficient (Wildman–Crippen LogP) is 2.29. The standard InChI is InChI=1S/C22H28N2O7S/c1-15(22(25)23(2)14-16-6-8-18(28-3)20(12-16)29-4)24(32(5,26)27)17-7-9-19-21(13-17)31-11-10-30-19/h6-9,12-13,15H,10-11,14H2,1-5H3/t15-/m1/s1. The summed E-state index contributed by atoms with van der Waals surface area (Å²) in [5.74, 6) is 1.76. The van der Waals surface area contributed by atoms with Gasteiger partial charge < -0.3 is 23.8 Å². The van der Waals surface area contributed by atoms with Crippen molar-refractivity contribution in [1.82, 2.24) is 4.90 Å². The van der Waals surface area contributed by atoms with Crippen molar-refractivity contribution in [2.75, 3.05) is 45.0 Å². The zero-order valence-corrected chi connectivity index (χ0v) is 19.6. The van der Waals surface area contributed by atoms with E-state index in [0.29, 0.717) is 41.9 Å². The molecule has 1 amide bonds. The summed E-state index contributed by atoms with van der Waals surface area (Å²) in [6.45, 7) is 2.63. The molecule has 1 atom stereocenters. The lowest BCUT2D eigenvalue weighted by Crippen LogP contribution is -2.48. The fraction of sp³-hybridized carbons (Fsp3) is 0.409. The van der Waals surface area contributed by atoms with Crippen molar-refractivity contribution in [3.63, 3.8) is 0 Å². The maximum absolute atomic E-state index is 13.2. The highest BCUT2D eigenvalue weighted by Gasteiger charge is 2.32. The number of ether oxygens (including phenoxy) is 4. The average molecular weight is 465 g/mol. The Kier molecular flexibility index (Phi) is 7.02. The van der Waals surface area contributed by atoms with Crippen LogP contribution in [0.15, 0.2) is 36.4 Å². The number of benzene rings is 2. The van der Waals surface area contributed by atoms with Gasteiger partial charge in [0.2, 0.25) is 15.9 Å². The molecule has 10 heteroatoms. The van der Waals surface area contributed by atoms with Crippen LogP contribution >= 0.6 is 0 Å². The van der Waals surface area contributed by atoms with Crippen LogP contribution in [0.25, 0.3) is 0 Å². The largest absolute Gasteiger partial charge is 0.493 e. The van der Waals surface area contributed by atoms with E-state index < -0.39 is 16.1 Å². The quantitative estimate of drug-likeness (QED) is 0.592. The number of anilines is 1. The van der Waals surface area contributed by atoms with Crippen LogP contribution in [0.3, 0.4) is 0 Å². The SMILES string of the molecule is COc1ccc(CN(C)C(=O)[C@@H](C)N(c2ccc3c(c2)OCCO3)S(C)(=O)=O)cc1OC. The van der Waals surface area contributed by atoms with Gasteiger partial charge in [-0.2, -0.15) is 0 Å². The van der Waals surface area contributed by atoms with Crippen molar-refractivity contribution in [1.29, 1.82) is 0 Å². The summed E-state index contributed by atoms with van der Waals surface area (Å²) in [6, 6.07) is 9.21. The van der Waals surface area contributed by atoms with Crippen molar-refractivity contribution in [3.8, 4) is 23.0 Å². The molecule has 3 rings (SSSR count). The molecule has 0 saturated carbocycles. The van der Waals surface area contributed by atoms with Crippen LogP contribution in [0.5, 0.6) is 23.0 Å². The number of carbonyl (C=O) groups excluding carboxylic acids is 1. The molecular weight excluding hydrogens is 436 g/mol. The molecule has 0 unspecified atom stereocenters. The minimum absolute atomic E-state index is 0.266. The number of methoxy groups -OCH3 is 2. The molecule has 0 N–H and O–H groups in total. The van der Waals surface area contributed by atoms with Crippen LogP contribution < -0.4 is 23.3 Å². The lowest BCUT2D eigenvalue weighted by molar-refractivity contribution is -0.131. The number of nitrogens with zero attached hydrogens (tertiary/aromatic N) is 2. The summed E-state index contributed by atoms with van der Waals surface area (Å²) in [5, 5.41) is 0. The van der Waals surface area contributed by atoms with E-state index in [1.807, 2.05) is 6.07 Å². The van der Waals surface area contributed by atoms with Gasteiger partial charge in [0.1, 0.15) is 19.3 Å². The van der Waals surface area contributed by atoms with Crippen molar-refractivity contribution in [2.24, 2.45) is 0 Å². The van der Waals surface area contributed by atoms with Gasteiger partial charge in [-0.3, -0.25) is 9.10 Å². The number of amides is 1. The molecular formula is C22H28N2O7S. The van der Waals surface area contributed by atoms with E-state index in [1.54, 1.807) is 51.4 Å². The van der Waals surface area contributed by atoms with Crippen LogP contribution in [-0.4, -0.2) is 66.0 Å². The Bertz CT molecular complexity index is 1090. The van der Waals surface area contributed by atoms with Crippen molar-refractivity contribution < 1.29 is 32.2 Å². The molecule has 174 valence electrons. The molecule has 0 fully saturated rings. The Morgan fingerprint density at radius 1 is 1.03 bits per heavy atom. The number of likely N-dealkylation sites (N-methyl/N-ethyl adjacent to an activating group) is 1. The number of fused-ring (bicyclic) bond motifs is 1. The second-order valence-electron chi connectivity index (χ2n) is 7.45. The van der Waals surface area contributed by atoms with E-state index in [1.165, 1.54) is 12.0 Å². The number of hydrogen-bond donors (Lipinski definition) is 0. The summed E-state index contributed by atoms with van der Waals surface area (Å²) in [7, 11) is 0.949. The fourth-order valence-electron chi connectivity index (χ4n) is 3.62. The van der Waals surface area contributed by atoms with Crippen molar-refractivity contribution in [2.45, 2.75) is 19.5 Å². The summed E-state index contributed by atoms with van der Waals surface area (Å²) < 4.78 is 48.0. The molecule has 1 aliphatic heterocycles. The van der Waals surface area contributed by atoms with Gasteiger partial charge in [0, 0.05) is 19.7 Å². The van der Waals surface area contributed by atoms with E-state index in [4.69, 9.17) is 18.9 Å². The van der Waals surface area contributed by atoms with E-state index in [0.717, 1.165) is 16.1 Å². The monoisotopic (exact) mass is 464 g/mol. The van der Waals surface area contributed by atoms with Crippen LogP contribution in [0.2, 0.25) is 0 Å². The number of hydrogen-bond acceptors (Lipinski definition) is 7. The molecule has 32 heavy (non-hydrogen) atoms. The third-order valence-electron chi connectivity index (χ3n) is 5.09. The second kappa shape index (κ2) is 9.56. The molecule has 0 aromatic heterocycles. The fourth-order valence-corrected chi connectivity index (χ4v) is 4.78. The molecule has 2 aromatic rings. The lowest BCUT2D eigenvalue weighted by Gasteiger charge is -2.32. The molecule has 0 spiro atoms. The summed E-state index contributed by atoms with van der Waals surface area (Å²) in [4.78, 5) is 14.7. The third kappa shape index (κ3) is 5.01. The van der Waals surface area contributed by atoms with Gasteiger partial charge >= 0.3 is 0 Å². The third-order valence-corrected chi connectivity index (χ3v) is 6.33. The molecule has 0 radical (unpaired) electrons. The zero-order chi connectivity index (χ0) is 23.5. The maximum Gasteiger partial charge on any atom is 0.246 e. The van der Waals surface area contributed by atoms with Gasteiger partial charge in [-0.05, 0) is 36.8 Å². The minimum Gasteiger partial charge on any atom is -0.493 e. The van der Waals surface area contributed by atoms with Gasteiger partial charge in [0.15, 0.2) is 23.0 Å². The molecule has 1 aliphatic rings. The molecule has 0 saturated heterocycles. The summed E-state index contributed by atoms with van der Waals surface area (Å²) in [5.41, 5.74) is 1.15. The topological polar surface area (TPSA) is 94.6 Å². The van der Waals surface area contributed by atoms with Gasteiger partial charge in [0.05, 0.1) is 26.2 Å². The Balaban J connectivity index is 1.83. The van der Waals surface area contributed by atoms with E-state index >= 15 is 0 Å². The van der Waals surface area contributed by atoms with Gasteiger partial charge in [-0.15, -0.1) is 0 Å². The zero-order valence-electron chi connectivity index (χ0n) is 18.8. The van der Waals surface area contributed by atoms with Crippen LogP contribution in [-0.2, 0) is 21.4 Å². The normalized spacial score (nSPS) is 13.8. The average Bonchev–Trinajstić information content (AvgIpc) is 2.77. The van der Waals surface area contributed by atoms with Crippen LogP contribution in [0.1, 0.15) is 12.5 Å². The van der Waals surface area contributed by atoms with E-state index in [9.17, 15) is 13.2 Å². The Labute approximate surface area is 188 Å². The number of carbonyl (C=O) groups is 1. The summed E-state index contributed by atoms with van der Waals surface area (Å²) >= 11 is 0. The first-order chi connectivity index (χ1) is 15.2. The van der Waals surface area contributed by atoms with Gasteiger partial charge in [-0.25, -0.2) is 8.42 Å². The second-order valence-corrected chi connectivity index (χ2v) is 9.31. The molecule has 2 aromatic carbocycles. The summed E-state index contributed by atoms with van der Waals surface area (Å²) in [6.07, 6.45) is 1.07. The molecule has 9 nitrogen and oxygen atoms in total. The Hall–Kier alpha value is -3.14. The maximum atomic E-state index is 13.2. The highest BCUT2D eigenvalue weighted by Crippen LogP contribution is 2.35. The first-order valence-corrected chi connectivity index (χ1v) is 11.9. The number of rotatable bonds is 8. The molecule has 0 bridgehead atoms. The van der Waals surface area contributed by atoms with Crippen LogP contribution in [0.4, 0.5) is 5.69 Å². The van der Waals surface area contributed by atoms with Crippen molar-refractivity contribution >= 4 is 21.6 Å². The highest BCUT2D eigenvalue weighted by molar-refractivity contribution is 7.92. The van der Waals surface area contributed by atoms with Gasteiger partial charge in [0.25, 0.3) is 0 Å². The molecule has 1 heterocycles. The minimum atomic E-state index is -3.76. The van der Waals surface area contributed by atoms with Gasteiger partial charge in [-0.1, -0.05) is 6.07 Å². The highest BCUT2D eigenvalue weighted by atomic mass is 32.2. The van der Waals surface area contributed by atoms with E-state index in [-0.39, 0.29) is 12.5 Å². The van der Waals surface area contributed by atoms with E-state index in [2.05, 4.69) is 0 Å². The first-order valence-electron chi connectivity index (χ1n) is 10.0. The molecule has 0 aliphatic carbocycles.